The average Bonchev–Trinajstić information content (AvgIpc) is 2.92. The second-order valence-corrected chi connectivity index (χ2v) is 8.52. The Morgan fingerprint density at radius 3 is 2.36 bits per heavy atom. The zero-order valence-electron chi connectivity index (χ0n) is 17.3. The number of carbonyl (C=O) groups excluding carboxylic acids is 3. The fraction of sp³-hybridized carbons (Fsp3) is 0.591. The van der Waals surface area contributed by atoms with Gasteiger partial charge in [0.25, 0.3) is 5.91 Å². The Hall–Kier alpha value is -2.37. The van der Waals surface area contributed by atoms with E-state index in [9.17, 15) is 14.4 Å². The van der Waals surface area contributed by atoms with Crippen LogP contribution >= 0.6 is 0 Å². The molecule has 0 radical (unpaired) electrons. The normalized spacial score (nSPS) is 23.2. The standard InChI is InChI=1S/C22H31N3O3/c1-15(2)16-10-12-17(13-11-16)22(3)20(27)25(21(28)23-22)14-19(26)24(4)18-8-6-5-7-9-18/h10-13,15,18H,5-9,14H2,1-4H3,(H,23,28). The molecule has 1 N–H and O–H groups in total. The Morgan fingerprint density at radius 2 is 1.79 bits per heavy atom. The van der Waals surface area contributed by atoms with E-state index in [1.54, 1.807) is 18.9 Å². The number of benzene rings is 1. The summed E-state index contributed by atoms with van der Waals surface area (Å²) in [4.78, 5) is 41.0. The predicted molar refractivity (Wildman–Crippen MR) is 108 cm³/mol. The second-order valence-electron chi connectivity index (χ2n) is 8.52. The number of nitrogens with one attached hydrogen (secondary N) is 1. The fourth-order valence-electron chi connectivity index (χ4n) is 4.16. The molecule has 1 saturated carbocycles. The average molecular weight is 386 g/mol. The van der Waals surface area contributed by atoms with Crippen molar-refractivity contribution in [1.82, 2.24) is 15.1 Å². The Bertz CT molecular complexity index is 753. The maximum atomic E-state index is 13.1. The molecule has 152 valence electrons. The fourth-order valence-corrected chi connectivity index (χ4v) is 4.16. The summed E-state index contributed by atoms with van der Waals surface area (Å²) in [6.45, 7) is 5.70. The highest BCUT2D eigenvalue weighted by Crippen LogP contribution is 2.30. The SMILES string of the molecule is CC(C)c1ccc(C2(C)NC(=O)N(CC(=O)N(C)C3CCCCC3)C2=O)cc1. The minimum absolute atomic E-state index is 0.185. The van der Waals surface area contributed by atoms with Gasteiger partial charge in [-0.05, 0) is 36.8 Å². The highest BCUT2D eigenvalue weighted by Gasteiger charge is 2.49. The Balaban J connectivity index is 1.72. The van der Waals surface area contributed by atoms with Crippen LogP contribution in [-0.4, -0.2) is 47.3 Å². The minimum Gasteiger partial charge on any atom is -0.341 e. The topological polar surface area (TPSA) is 69.7 Å². The lowest BCUT2D eigenvalue weighted by Crippen LogP contribution is -2.46. The second kappa shape index (κ2) is 7.94. The Labute approximate surface area is 167 Å². The van der Waals surface area contributed by atoms with Crippen molar-refractivity contribution >= 4 is 17.8 Å². The van der Waals surface area contributed by atoms with Crippen molar-refractivity contribution in [3.8, 4) is 0 Å². The lowest BCUT2D eigenvalue weighted by atomic mass is 9.90. The molecule has 1 unspecified atom stereocenters. The molecule has 1 aromatic carbocycles. The van der Waals surface area contributed by atoms with Gasteiger partial charge in [-0.1, -0.05) is 57.4 Å². The Morgan fingerprint density at radius 1 is 1.18 bits per heavy atom. The van der Waals surface area contributed by atoms with Gasteiger partial charge in [-0.2, -0.15) is 0 Å². The quantitative estimate of drug-likeness (QED) is 0.790. The molecule has 4 amide bonds. The van der Waals surface area contributed by atoms with Gasteiger partial charge in [-0.15, -0.1) is 0 Å². The van der Waals surface area contributed by atoms with Crippen LogP contribution in [0.15, 0.2) is 24.3 Å². The largest absolute Gasteiger partial charge is 0.341 e. The maximum Gasteiger partial charge on any atom is 0.325 e. The van der Waals surface area contributed by atoms with Gasteiger partial charge in [0.15, 0.2) is 0 Å². The maximum absolute atomic E-state index is 13.1. The molecule has 1 atom stereocenters. The highest BCUT2D eigenvalue weighted by atomic mass is 16.2. The van der Waals surface area contributed by atoms with Crippen LogP contribution in [0.25, 0.3) is 0 Å². The summed E-state index contributed by atoms with van der Waals surface area (Å²) in [6.07, 6.45) is 5.43. The van der Waals surface area contributed by atoms with Crippen LogP contribution < -0.4 is 5.32 Å². The third kappa shape index (κ3) is 3.77. The van der Waals surface area contributed by atoms with Crippen LogP contribution in [-0.2, 0) is 15.1 Å². The van der Waals surface area contributed by atoms with Crippen LogP contribution in [0.3, 0.4) is 0 Å². The van der Waals surface area contributed by atoms with Gasteiger partial charge in [-0.3, -0.25) is 14.5 Å². The third-order valence-corrected chi connectivity index (χ3v) is 6.24. The van der Waals surface area contributed by atoms with Gasteiger partial charge in [0.1, 0.15) is 12.1 Å². The monoisotopic (exact) mass is 385 g/mol. The minimum atomic E-state index is -1.14. The molecule has 28 heavy (non-hydrogen) atoms. The van der Waals surface area contributed by atoms with Crippen molar-refractivity contribution in [2.75, 3.05) is 13.6 Å². The number of imide groups is 1. The summed E-state index contributed by atoms with van der Waals surface area (Å²) in [5.41, 5.74) is 0.757. The van der Waals surface area contributed by atoms with Crippen LogP contribution in [0.4, 0.5) is 4.79 Å². The molecule has 1 heterocycles. The van der Waals surface area contributed by atoms with Crippen LogP contribution in [0, 0.1) is 0 Å². The van der Waals surface area contributed by atoms with E-state index in [-0.39, 0.29) is 24.4 Å². The molecular formula is C22H31N3O3. The number of rotatable bonds is 5. The summed E-state index contributed by atoms with van der Waals surface area (Å²) in [7, 11) is 1.78. The summed E-state index contributed by atoms with van der Waals surface area (Å²) in [6, 6.07) is 7.42. The molecular weight excluding hydrogens is 354 g/mol. The predicted octanol–water partition coefficient (Wildman–Crippen LogP) is 3.37. The van der Waals surface area contributed by atoms with Gasteiger partial charge in [0.05, 0.1) is 0 Å². The third-order valence-electron chi connectivity index (χ3n) is 6.24. The smallest absolute Gasteiger partial charge is 0.325 e. The first kappa shape index (κ1) is 20.4. The van der Waals surface area contributed by atoms with E-state index >= 15 is 0 Å². The first-order chi connectivity index (χ1) is 13.2. The lowest BCUT2D eigenvalue weighted by molar-refractivity contribution is -0.139. The van der Waals surface area contributed by atoms with Crippen LogP contribution in [0.2, 0.25) is 0 Å². The Kier molecular flexibility index (Phi) is 5.77. The van der Waals surface area contributed by atoms with Gasteiger partial charge >= 0.3 is 6.03 Å². The van der Waals surface area contributed by atoms with E-state index < -0.39 is 11.6 Å². The molecule has 1 aromatic rings. The molecule has 1 aliphatic heterocycles. The molecule has 1 saturated heterocycles. The molecule has 3 rings (SSSR count). The molecule has 2 fully saturated rings. The summed E-state index contributed by atoms with van der Waals surface area (Å²) >= 11 is 0. The van der Waals surface area contributed by atoms with Crippen LogP contribution in [0.1, 0.15) is 69.9 Å². The van der Waals surface area contributed by atoms with Crippen molar-refractivity contribution in [3.05, 3.63) is 35.4 Å². The van der Waals surface area contributed by atoms with Crippen molar-refractivity contribution in [1.29, 1.82) is 0 Å². The highest BCUT2D eigenvalue weighted by molar-refractivity contribution is 6.09. The van der Waals surface area contributed by atoms with E-state index in [2.05, 4.69) is 19.2 Å². The number of amides is 4. The number of hydrogen-bond donors (Lipinski definition) is 1. The van der Waals surface area contributed by atoms with E-state index in [0.717, 1.165) is 36.1 Å². The number of carbonyl (C=O) groups is 3. The van der Waals surface area contributed by atoms with Crippen molar-refractivity contribution < 1.29 is 14.4 Å². The van der Waals surface area contributed by atoms with Gasteiger partial charge in [-0.25, -0.2) is 4.79 Å². The van der Waals surface area contributed by atoms with Crippen LogP contribution in [0.5, 0.6) is 0 Å². The molecule has 0 aromatic heterocycles. The summed E-state index contributed by atoms with van der Waals surface area (Å²) < 4.78 is 0. The van der Waals surface area contributed by atoms with E-state index in [4.69, 9.17) is 0 Å². The number of hydrogen-bond acceptors (Lipinski definition) is 3. The van der Waals surface area contributed by atoms with Crippen molar-refractivity contribution in [2.24, 2.45) is 0 Å². The lowest BCUT2D eigenvalue weighted by Gasteiger charge is -2.32. The molecule has 2 aliphatic rings. The zero-order valence-corrected chi connectivity index (χ0v) is 17.3. The summed E-state index contributed by atoms with van der Waals surface area (Å²) in [5.74, 6) is -0.171. The van der Waals surface area contributed by atoms with E-state index in [0.29, 0.717) is 5.92 Å². The molecule has 1 aliphatic carbocycles. The number of nitrogens with zero attached hydrogens (tertiary/aromatic N) is 2. The first-order valence-electron chi connectivity index (χ1n) is 10.2. The number of likely N-dealkylation sites (N-methyl/N-ethyl adjacent to an activating group) is 1. The number of urea groups is 1. The zero-order chi connectivity index (χ0) is 20.5. The van der Waals surface area contributed by atoms with Crippen molar-refractivity contribution in [3.63, 3.8) is 0 Å². The van der Waals surface area contributed by atoms with E-state index in [1.807, 2.05) is 24.3 Å². The molecule has 6 heteroatoms. The molecule has 0 bridgehead atoms. The molecule has 0 spiro atoms. The van der Waals surface area contributed by atoms with Gasteiger partial charge < -0.3 is 10.2 Å². The molecule has 6 nitrogen and oxygen atoms in total. The van der Waals surface area contributed by atoms with Gasteiger partial charge in [0.2, 0.25) is 5.91 Å². The van der Waals surface area contributed by atoms with E-state index in [1.165, 1.54) is 12.0 Å². The first-order valence-corrected chi connectivity index (χ1v) is 10.2. The van der Waals surface area contributed by atoms with Gasteiger partial charge in [0, 0.05) is 13.1 Å². The summed E-state index contributed by atoms with van der Waals surface area (Å²) in [5, 5.41) is 2.79. The van der Waals surface area contributed by atoms with Crippen molar-refractivity contribution in [2.45, 2.75) is 70.4 Å².